The standard InChI is InChI=1S/C17H15Br2NO/c18-13-6-3-5-12(11-13)16-9-4-10-20(16)17(21)14-7-1-2-8-15(14)19/h1-3,5-8,11,16H,4,9-10H2. The van der Waals surface area contributed by atoms with Gasteiger partial charge < -0.3 is 4.90 Å². The summed E-state index contributed by atoms with van der Waals surface area (Å²) in [5, 5.41) is 0. The van der Waals surface area contributed by atoms with E-state index in [4.69, 9.17) is 0 Å². The van der Waals surface area contributed by atoms with Crippen LogP contribution in [0.4, 0.5) is 0 Å². The van der Waals surface area contributed by atoms with Gasteiger partial charge in [0, 0.05) is 15.5 Å². The van der Waals surface area contributed by atoms with Crippen LogP contribution in [-0.4, -0.2) is 17.4 Å². The Morgan fingerprint density at radius 2 is 1.90 bits per heavy atom. The zero-order chi connectivity index (χ0) is 14.8. The molecule has 21 heavy (non-hydrogen) atoms. The number of carbonyl (C=O) groups is 1. The minimum atomic E-state index is 0.102. The Labute approximate surface area is 141 Å². The fraction of sp³-hybridized carbons (Fsp3) is 0.235. The van der Waals surface area contributed by atoms with E-state index in [1.54, 1.807) is 0 Å². The maximum atomic E-state index is 12.8. The van der Waals surface area contributed by atoms with Gasteiger partial charge in [0.15, 0.2) is 0 Å². The van der Waals surface area contributed by atoms with E-state index in [2.05, 4.69) is 44.0 Å². The molecule has 0 N–H and O–H groups in total. The van der Waals surface area contributed by atoms with Crippen LogP contribution >= 0.6 is 31.9 Å². The summed E-state index contributed by atoms with van der Waals surface area (Å²) in [6.07, 6.45) is 2.07. The summed E-state index contributed by atoms with van der Waals surface area (Å²) < 4.78 is 1.91. The summed E-state index contributed by atoms with van der Waals surface area (Å²) in [4.78, 5) is 14.8. The topological polar surface area (TPSA) is 20.3 Å². The first-order valence-electron chi connectivity index (χ1n) is 6.98. The molecule has 0 aromatic heterocycles. The highest BCUT2D eigenvalue weighted by Gasteiger charge is 2.31. The number of hydrogen-bond donors (Lipinski definition) is 0. The second-order valence-corrected chi connectivity index (χ2v) is 6.96. The van der Waals surface area contributed by atoms with Gasteiger partial charge in [0.2, 0.25) is 0 Å². The fourth-order valence-electron chi connectivity index (χ4n) is 2.86. The van der Waals surface area contributed by atoms with Crippen molar-refractivity contribution in [2.45, 2.75) is 18.9 Å². The Morgan fingerprint density at radius 1 is 1.10 bits per heavy atom. The largest absolute Gasteiger partial charge is 0.332 e. The van der Waals surface area contributed by atoms with Crippen LogP contribution in [0.15, 0.2) is 57.5 Å². The molecule has 2 aromatic carbocycles. The summed E-state index contributed by atoms with van der Waals surface area (Å²) in [5.41, 5.74) is 1.93. The summed E-state index contributed by atoms with van der Waals surface area (Å²) in [5.74, 6) is 0.102. The molecule has 0 bridgehead atoms. The molecule has 1 aliphatic heterocycles. The lowest BCUT2D eigenvalue weighted by Crippen LogP contribution is -2.30. The Morgan fingerprint density at radius 3 is 2.67 bits per heavy atom. The van der Waals surface area contributed by atoms with Crippen molar-refractivity contribution in [1.82, 2.24) is 4.90 Å². The third-order valence-corrected chi connectivity index (χ3v) is 5.04. The van der Waals surface area contributed by atoms with Gasteiger partial charge in [0.25, 0.3) is 5.91 Å². The maximum Gasteiger partial charge on any atom is 0.255 e. The molecule has 1 saturated heterocycles. The van der Waals surface area contributed by atoms with Gasteiger partial charge in [0.05, 0.1) is 11.6 Å². The lowest BCUT2D eigenvalue weighted by molar-refractivity contribution is 0.0734. The minimum absolute atomic E-state index is 0.102. The van der Waals surface area contributed by atoms with Crippen molar-refractivity contribution in [2.24, 2.45) is 0 Å². The maximum absolute atomic E-state index is 12.8. The van der Waals surface area contributed by atoms with Crippen molar-refractivity contribution < 1.29 is 4.79 Å². The molecule has 1 atom stereocenters. The lowest BCUT2D eigenvalue weighted by Gasteiger charge is -2.25. The third-order valence-electron chi connectivity index (χ3n) is 3.85. The van der Waals surface area contributed by atoms with Gasteiger partial charge in [-0.25, -0.2) is 0 Å². The van der Waals surface area contributed by atoms with Gasteiger partial charge in [0.1, 0.15) is 0 Å². The minimum Gasteiger partial charge on any atom is -0.332 e. The van der Waals surface area contributed by atoms with Gasteiger partial charge >= 0.3 is 0 Å². The number of benzene rings is 2. The number of rotatable bonds is 2. The van der Waals surface area contributed by atoms with Crippen LogP contribution in [0.2, 0.25) is 0 Å². The first-order valence-corrected chi connectivity index (χ1v) is 8.56. The van der Waals surface area contributed by atoms with E-state index in [-0.39, 0.29) is 11.9 Å². The number of likely N-dealkylation sites (tertiary alicyclic amines) is 1. The highest BCUT2D eigenvalue weighted by atomic mass is 79.9. The van der Waals surface area contributed by atoms with Crippen molar-refractivity contribution in [3.63, 3.8) is 0 Å². The molecule has 0 aliphatic carbocycles. The molecule has 2 nitrogen and oxygen atoms in total. The number of carbonyl (C=O) groups excluding carboxylic acids is 1. The first kappa shape index (κ1) is 14.8. The molecule has 1 heterocycles. The third kappa shape index (κ3) is 3.06. The van der Waals surface area contributed by atoms with Crippen LogP contribution in [0.5, 0.6) is 0 Å². The van der Waals surface area contributed by atoms with Crippen LogP contribution in [0, 0.1) is 0 Å². The van der Waals surface area contributed by atoms with Crippen molar-refractivity contribution in [3.8, 4) is 0 Å². The normalized spacial score (nSPS) is 18.0. The first-order chi connectivity index (χ1) is 10.2. The number of halogens is 2. The van der Waals surface area contributed by atoms with Crippen LogP contribution < -0.4 is 0 Å². The van der Waals surface area contributed by atoms with E-state index < -0.39 is 0 Å². The zero-order valence-corrected chi connectivity index (χ0v) is 14.6. The summed E-state index contributed by atoms with van der Waals surface area (Å²) in [6.45, 7) is 0.817. The number of nitrogens with zero attached hydrogens (tertiary/aromatic N) is 1. The molecule has 1 aliphatic rings. The van der Waals surface area contributed by atoms with Gasteiger partial charge in [-0.1, -0.05) is 40.2 Å². The molecule has 1 unspecified atom stereocenters. The van der Waals surface area contributed by atoms with Crippen LogP contribution in [-0.2, 0) is 0 Å². The molecule has 2 aromatic rings. The van der Waals surface area contributed by atoms with E-state index in [0.717, 1.165) is 33.9 Å². The Hall–Kier alpha value is -1.13. The van der Waals surface area contributed by atoms with Crippen LogP contribution in [0.3, 0.4) is 0 Å². The van der Waals surface area contributed by atoms with E-state index in [0.29, 0.717) is 0 Å². The molecule has 4 heteroatoms. The highest BCUT2D eigenvalue weighted by molar-refractivity contribution is 9.10. The van der Waals surface area contributed by atoms with E-state index in [9.17, 15) is 4.79 Å². The van der Waals surface area contributed by atoms with Crippen LogP contribution in [0.1, 0.15) is 34.8 Å². The molecule has 3 rings (SSSR count). The van der Waals surface area contributed by atoms with Gasteiger partial charge in [-0.05, 0) is 58.6 Å². The number of hydrogen-bond acceptors (Lipinski definition) is 1. The van der Waals surface area contributed by atoms with E-state index in [1.165, 1.54) is 5.56 Å². The SMILES string of the molecule is O=C(c1ccccc1Br)N1CCCC1c1cccc(Br)c1. The molecule has 0 saturated carbocycles. The second kappa shape index (κ2) is 6.32. The van der Waals surface area contributed by atoms with Crippen molar-refractivity contribution in [2.75, 3.05) is 6.54 Å². The summed E-state index contributed by atoms with van der Waals surface area (Å²) >= 11 is 6.99. The van der Waals surface area contributed by atoms with Crippen molar-refractivity contribution >= 4 is 37.8 Å². The van der Waals surface area contributed by atoms with Gasteiger partial charge in [-0.3, -0.25) is 4.79 Å². The zero-order valence-electron chi connectivity index (χ0n) is 11.4. The van der Waals surface area contributed by atoms with E-state index >= 15 is 0 Å². The highest BCUT2D eigenvalue weighted by Crippen LogP contribution is 2.35. The molecule has 1 fully saturated rings. The average molecular weight is 409 g/mol. The quantitative estimate of drug-likeness (QED) is 0.669. The predicted octanol–water partition coefficient (Wildman–Crippen LogP) is 5.19. The lowest BCUT2D eigenvalue weighted by atomic mass is 10.0. The Balaban J connectivity index is 1.91. The summed E-state index contributed by atoms with van der Waals surface area (Å²) in [7, 11) is 0. The predicted molar refractivity (Wildman–Crippen MR) is 91.3 cm³/mol. The van der Waals surface area contributed by atoms with E-state index in [1.807, 2.05) is 41.3 Å². The summed E-state index contributed by atoms with van der Waals surface area (Å²) in [6, 6.07) is 16.0. The van der Waals surface area contributed by atoms with Gasteiger partial charge in [-0.15, -0.1) is 0 Å². The molecule has 1 amide bonds. The molecular weight excluding hydrogens is 394 g/mol. The second-order valence-electron chi connectivity index (χ2n) is 5.19. The van der Waals surface area contributed by atoms with Crippen molar-refractivity contribution in [1.29, 1.82) is 0 Å². The molecule has 108 valence electrons. The molecule has 0 radical (unpaired) electrons. The monoisotopic (exact) mass is 407 g/mol. The fourth-order valence-corrected chi connectivity index (χ4v) is 3.73. The van der Waals surface area contributed by atoms with Crippen molar-refractivity contribution in [3.05, 3.63) is 68.6 Å². The van der Waals surface area contributed by atoms with Gasteiger partial charge in [-0.2, -0.15) is 0 Å². The average Bonchev–Trinajstić information content (AvgIpc) is 2.96. The number of amides is 1. The molecule has 0 spiro atoms. The smallest absolute Gasteiger partial charge is 0.255 e. The van der Waals surface area contributed by atoms with Crippen LogP contribution in [0.25, 0.3) is 0 Å². The Bertz CT molecular complexity index is 671. The Kier molecular flexibility index (Phi) is 4.45. The molecular formula is C17H15Br2NO.